The van der Waals surface area contributed by atoms with Crippen LogP contribution in [0, 0.1) is 31.1 Å². The predicted molar refractivity (Wildman–Crippen MR) is 70.7 cm³/mol. The van der Waals surface area contributed by atoms with Crippen molar-refractivity contribution in [3.8, 4) is 0 Å². The lowest BCUT2D eigenvalue weighted by Crippen LogP contribution is -2.34. The molecule has 110 valence electrons. The second-order valence-corrected chi connectivity index (χ2v) is 6.60. The molecule has 0 aromatic rings. The van der Waals surface area contributed by atoms with E-state index in [4.69, 9.17) is 0 Å². The van der Waals surface area contributed by atoms with E-state index in [9.17, 15) is 20.2 Å². The zero-order valence-corrected chi connectivity index (χ0v) is 12.2. The molecule has 0 spiro atoms. The molecule has 0 aliphatic carbocycles. The fraction of sp³-hybridized carbons (Fsp3) is 0.833. The van der Waals surface area contributed by atoms with Gasteiger partial charge in [0.05, 0.1) is 0 Å². The Morgan fingerprint density at radius 1 is 0.947 bits per heavy atom. The lowest BCUT2D eigenvalue weighted by molar-refractivity contribution is -0.768. The minimum Gasteiger partial charge on any atom is -0.306 e. The Hall–Kier alpha value is -1.66. The Balaban J connectivity index is 5.15. The fourth-order valence-electron chi connectivity index (χ4n) is 1.46. The summed E-state index contributed by atoms with van der Waals surface area (Å²) in [5.74, 6) is 0. The second-order valence-electron chi connectivity index (χ2n) is 6.60. The number of hydrogen-bond donors (Lipinski definition) is 0. The molecule has 0 aromatic heterocycles. The van der Waals surface area contributed by atoms with Crippen molar-refractivity contribution in [1.82, 2.24) is 0 Å². The standard InChI is InChI=1S/C12H22N2O5/c1-11(2,3)9(13(15)16)7-8-10(12(4,5)6)19-14(17)18/h7-10H,1-6H3/b8-7+. The van der Waals surface area contributed by atoms with Crippen molar-refractivity contribution in [1.29, 1.82) is 0 Å². The number of nitrogens with zero attached hydrogens (tertiary/aromatic N) is 2. The molecule has 0 aliphatic heterocycles. The Morgan fingerprint density at radius 3 is 1.68 bits per heavy atom. The minimum absolute atomic E-state index is 0.400. The third-order valence-corrected chi connectivity index (χ3v) is 2.64. The quantitative estimate of drug-likeness (QED) is 0.436. The highest BCUT2D eigenvalue weighted by atomic mass is 17.0. The number of hydrogen-bond acceptors (Lipinski definition) is 5. The van der Waals surface area contributed by atoms with Crippen LogP contribution in [0.2, 0.25) is 0 Å². The summed E-state index contributed by atoms with van der Waals surface area (Å²) in [6.45, 7) is 10.5. The van der Waals surface area contributed by atoms with Crippen molar-refractivity contribution in [3.05, 3.63) is 32.4 Å². The summed E-state index contributed by atoms with van der Waals surface area (Å²) in [6, 6.07) is -0.923. The summed E-state index contributed by atoms with van der Waals surface area (Å²) in [7, 11) is 0. The maximum Gasteiger partial charge on any atom is 0.295 e. The van der Waals surface area contributed by atoms with Gasteiger partial charge in [0.25, 0.3) is 5.09 Å². The van der Waals surface area contributed by atoms with Gasteiger partial charge in [0.2, 0.25) is 6.04 Å². The Labute approximate surface area is 112 Å². The molecule has 0 bridgehead atoms. The van der Waals surface area contributed by atoms with Crippen molar-refractivity contribution in [2.24, 2.45) is 10.8 Å². The van der Waals surface area contributed by atoms with Gasteiger partial charge in [-0.05, 0) is 11.5 Å². The van der Waals surface area contributed by atoms with Crippen LogP contribution in [0.25, 0.3) is 0 Å². The van der Waals surface area contributed by atoms with Crippen molar-refractivity contribution in [2.45, 2.75) is 53.7 Å². The van der Waals surface area contributed by atoms with Gasteiger partial charge in [0, 0.05) is 10.3 Å². The van der Waals surface area contributed by atoms with Gasteiger partial charge in [-0.1, -0.05) is 47.6 Å². The minimum atomic E-state index is -0.923. The van der Waals surface area contributed by atoms with E-state index < -0.39 is 33.0 Å². The van der Waals surface area contributed by atoms with Gasteiger partial charge < -0.3 is 4.84 Å². The molecule has 2 unspecified atom stereocenters. The summed E-state index contributed by atoms with van der Waals surface area (Å²) in [5, 5.41) is 20.6. The summed E-state index contributed by atoms with van der Waals surface area (Å²) in [5.41, 5.74) is -1.10. The molecule has 0 heterocycles. The molecule has 0 aliphatic rings. The third-order valence-electron chi connectivity index (χ3n) is 2.64. The van der Waals surface area contributed by atoms with Gasteiger partial charge in [0.1, 0.15) is 6.10 Å². The fourth-order valence-corrected chi connectivity index (χ4v) is 1.46. The molecule has 7 heteroatoms. The first-order valence-corrected chi connectivity index (χ1v) is 5.98. The SMILES string of the molecule is CC(C)(C)C(/C=C/C([N+](=O)[O-])C(C)(C)C)O[N+](=O)[O-]. The van der Waals surface area contributed by atoms with Gasteiger partial charge >= 0.3 is 0 Å². The van der Waals surface area contributed by atoms with Crippen LogP contribution in [-0.2, 0) is 4.84 Å². The van der Waals surface area contributed by atoms with Crippen LogP contribution in [0.5, 0.6) is 0 Å². The average molecular weight is 274 g/mol. The van der Waals surface area contributed by atoms with Crippen LogP contribution in [0.4, 0.5) is 0 Å². The van der Waals surface area contributed by atoms with Crippen molar-refractivity contribution >= 4 is 0 Å². The van der Waals surface area contributed by atoms with Gasteiger partial charge in [-0.3, -0.25) is 10.1 Å². The van der Waals surface area contributed by atoms with Gasteiger partial charge in [0.15, 0.2) is 0 Å². The molecule has 0 rings (SSSR count). The van der Waals surface area contributed by atoms with E-state index in [0.29, 0.717) is 0 Å². The summed E-state index contributed by atoms with van der Waals surface area (Å²) >= 11 is 0. The van der Waals surface area contributed by atoms with E-state index in [1.165, 1.54) is 12.2 Å². The molecular formula is C12H22N2O5. The van der Waals surface area contributed by atoms with Crippen LogP contribution in [-0.4, -0.2) is 22.2 Å². The van der Waals surface area contributed by atoms with E-state index in [-0.39, 0.29) is 0 Å². The third kappa shape index (κ3) is 6.17. The monoisotopic (exact) mass is 274 g/mol. The number of rotatable bonds is 5. The van der Waals surface area contributed by atoms with Crippen molar-refractivity contribution in [2.75, 3.05) is 0 Å². The largest absolute Gasteiger partial charge is 0.306 e. The molecule has 0 saturated carbocycles. The Bertz CT molecular complexity index is 365. The zero-order chi connectivity index (χ0) is 15.4. The molecule has 0 aromatic carbocycles. The Morgan fingerprint density at radius 2 is 1.42 bits per heavy atom. The first-order chi connectivity index (χ1) is 8.35. The average Bonchev–Trinajstić information content (AvgIpc) is 2.11. The maximum atomic E-state index is 11.0. The lowest BCUT2D eigenvalue weighted by Gasteiger charge is -2.27. The smallest absolute Gasteiger partial charge is 0.295 e. The highest BCUT2D eigenvalue weighted by molar-refractivity contribution is 5.01. The normalized spacial score (nSPS) is 16.1. The second kappa shape index (κ2) is 5.99. The van der Waals surface area contributed by atoms with E-state index in [2.05, 4.69) is 4.84 Å². The van der Waals surface area contributed by atoms with Crippen molar-refractivity contribution in [3.63, 3.8) is 0 Å². The lowest BCUT2D eigenvalue weighted by atomic mass is 9.84. The zero-order valence-electron chi connectivity index (χ0n) is 12.2. The van der Waals surface area contributed by atoms with E-state index >= 15 is 0 Å². The van der Waals surface area contributed by atoms with Crippen LogP contribution >= 0.6 is 0 Å². The Kier molecular flexibility index (Phi) is 5.46. The van der Waals surface area contributed by atoms with Crippen molar-refractivity contribution < 1.29 is 14.8 Å². The highest BCUT2D eigenvalue weighted by Gasteiger charge is 2.34. The van der Waals surface area contributed by atoms with E-state index in [0.717, 1.165) is 0 Å². The van der Waals surface area contributed by atoms with Gasteiger partial charge in [-0.15, -0.1) is 10.1 Å². The van der Waals surface area contributed by atoms with Crippen LogP contribution in [0.15, 0.2) is 12.2 Å². The van der Waals surface area contributed by atoms with E-state index in [1.54, 1.807) is 41.5 Å². The van der Waals surface area contributed by atoms with Crippen LogP contribution < -0.4 is 0 Å². The molecular weight excluding hydrogens is 252 g/mol. The molecule has 7 nitrogen and oxygen atoms in total. The molecule has 0 radical (unpaired) electrons. The molecule has 0 amide bonds. The summed E-state index contributed by atoms with van der Waals surface area (Å²) in [4.78, 5) is 25.6. The maximum absolute atomic E-state index is 11.0. The van der Waals surface area contributed by atoms with Crippen LogP contribution in [0.3, 0.4) is 0 Å². The topological polar surface area (TPSA) is 95.5 Å². The van der Waals surface area contributed by atoms with Crippen LogP contribution in [0.1, 0.15) is 41.5 Å². The summed E-state index contributed by atoms with van der Waals surface area (Å²) < 4.78 is 0. The molecule has 0 N–H and O–H groups in total. The predicted octanol–water partition coefficient (Wildman–Crippen LogP) is 2.86. The number of nitro groups is 1. The molecule has 0 saturated heterocycles. The first-order valence-electron chi connectivity index (χ1n) is 5.98. The highest BCUT2D eigenvalue weighted by Crippen LogP contribution is 2.27. The van der Waals surface area contributed by atoms with E-state index in [1.807, 2.05) is 0 Å². The summed E-state index contributed by atoms with van der Waals surface area (Å²) in [6.07, 6.45) is 1.95. The first kappa shape index (κ1) is 17.3. The molecule has 2 atom stereocenters. The van der Waals surface area contributed by atoms with Gasteiger partial charge in [-0.25, -0.2) is 0 Å². The van der Waals surface area contributed by atoms with Gasteiger partial charge in [-0.2, -0.15) is 0 Å². The molecule has 19 heavy (non-hydrogen) atoms. The molecule has 0 fully saturated rings.